The Morgan fingerprint density at radius 3 is 1.76 bits per heavy atom. The first-order valence-corrected chi connectivity index (χ1v) is 19.0. The van der Waals surface area contributed by atoms with E-state index >= 15 is 0 Å². The molecule has 0 atom stereocenters. The average Bonchev–Trinajstić information content (AvgIpc) is 3.77. The van der Waals surface area contributed by atoms with Gasteiger partial charge in [0.15, 0.2) is 0 Å². The second kappa shape index (κ2) is 11.3. The Labute approximate surface area is 302 Å². The monoisotopic (exact) mass is 683 g/mol. The van der Waals surface area contributed by atoms with E-state index in [-0.39, 0.29) is 0 Å². The lowest BCUT2D eigenvalue weighted by Crippen LogP contribution is -2.10. The van der Waals surface area contributed by atoms with Gasteiger partial charge in [-0.25, -0.2) is 0 Å². The Balaban J connectivity index is 1.11. The van der Waals surface area contributed by atoms with Gasteiger partial charge >= 0.3 is 0 Å². The molecule has 238 valence electrons. The fourth-order valence-electron chi connectivity index (χ4n) is 7.95. The zero-order valence-corrected chi connectivity index (χ0v) is 29.1. The van der Waals surface area contributed by atoms with Crippen LogP contribution in [0.2, 0.25) is 0 Å². The largest absolute Gasteiger partial charge is 0.309 e. The predicted molar refractivity (Wildman–Crippen MR) is 225 cm³/mol. The maximum atomic E-state index is 2.46. The van der Waals surface area contributed by atoms with Crippen molar-refractivity contribution in [1.29, 1.82) is 0 Å². The molecule has 51 heavy (non-hydrogen) atoms. The van der Waals surface area contributed by atoms with Crippen LogP contribution in [0.15, 0.2) is 176 Å². The summed E-state index contributed by atoms with van der Waals surface area (Å²) in [5.41, 5.74) is 5.93. The summed E-state index contributed by atoms with van der Waals surface area (Å²) in [7, 11) is 0. The van der Waals surface area contributed by atoms with Crippen molar-refractivity contribution in [2.24, 2.45) is 0 Å². The van der Waals surface area contributed by atoms with Crippen LogP contribution in [0.3, 0.4) is 0 Å². The highest BCUT2D eigenvalue weighted by atomic mass is 32.1. The number of hydrogen-bond donors (Lipinski definition) is 0. The van der Waals surface area contributed by atoms with Crippen molar-refractivity contribution >= 4 is 112 Å². The molecule has 11 rings (SSSR count). The zero-order valence-electron chi connectivity index (χ0n) is 27.5. The lowest BCUT2D eigenvalue weighted by atomic mass is 10.0. The third-order valence-corrected chi connectivity index (χ3v) is 12.8. The third kappa shape index (κ3) is 4.52. The molecule has 0 aliphatic carbocycles. The number of anilines is 3. The van der Waals surface area contributed by atoms with Gasteiger partial charge in [-0.05, 0) is 85.9 Å². The molecule has 3 heteroatoms. The maximum absolute atomic E-state index is 2.46. The Kier molecular flexibility index (Phi) is 6.36. The molecule has 0 amide bonds. The van der Waals surface area contributed by atoms with E-state index in [9.17, 15) is 0 Å². The molecule has 0 aliphatic heterocycles. The van der Waals surface area contributed by atoms with Gasteiger partial charge in [0, 0.05) is 47.0 Å². The van der Waals surface area contributed by atoms with Crippen molar-refractivity contribution in [3.63, 3.8) is 0 Å². The van der Waals surface area contributed by atoms with Crippen LogP contribution in [0.5, 0.6) is 0 Å². The molecule has 2 aromatic heterocycles. The molecule has 0 fully saturated rings. The normalized spacial score (nSPS) is 11.9. The highest BCUT2D eigenvalue weighted by Gasteiger charge is 2.20. The first-order valence-electron chi connectivity index (χ1n) is 17.3. The van der Waals surface area contributed by atoms with Gasteiger partial charge in [0.1, 0.15) is 0 Å². The highest BCUT2D eigenvalue weighted by molar-refractivity contribution is 7.27. The third-order valence-electron chi connectivity index (χ3n) is 10.4. The Hall–Kier alpha value is -6.00. The van der Waals surface area contributed by atoms with Crippen LogP contribution in [0.1, 0.15) is 0 Å². The van der Waals surface area contributed by atoms with Crippen LogP contribution in [-0.2, 0) is 0 Å². The van der Waals surface area contributed by atoms with Gasteiger partial charge in [-0.3, -0.25) is 0 Å². The molecule has 0 N–H and O–H groups in total. The first-order chi connectivity index (χ1) is 25.3. The summed E-state index contributed by atoms with van der Waals surface area (Å²) in [4.78, 5) is 2.46. The van der Waals surface area contributed by atoms with Crippen LogP contribution in [0, 0.1) is 0 Å². The number of hydrogen-bond acceptors (Lipinski definition) is 3. The van der Waals surface area contributed by atoms with Crippen molar-refractivity contribution in [3.05, 3.63) is 176 Å². The summed E-state index contributed by atoms with van der Waals surface area (Å²) >= 11 is 3.77. The van der Waals surface area contributed by atoms with E-state index in [4.69, 9.17) is 0 Å². The van der Waals surface area contributed by atoms with Gasteiger partial charge in [-0.2, -0.15) is 0 Å². The number of fused-ring (bicyclic) bond motifs is 11. The van der Waals surface area contributed by atoms with E-state index in [1.54, 1.807) is 0 Å². The van der Waals surface area contributed by atoms with Gasteiger partial charge in [0.05, 0.1) is 10.4 Å². The molecule has 1 nitrogen and oxygen atoms in total. The molecule has 0 saturated carbocycles. The maximum Gasteiger partial charge on any atom is 0.0640 e. The second-order valence-corrected chi connectivity index (χ2v) is 15.4. The molecule has 2 heterocycles. The number of nitrogens with zero attached hydrogens (tertiary/aromatic N) is 1. The minimum atomic E-state index is 1.14. The molecule has 0 unspecified atom stereocenters. The zero-order chi connectivity index (χ0) is 33.5. The minimum absolute atomic E-state index is 1.14. The first kappa shape index (κ1) is 28.8. The second-order valence-electron chi connectivity index (χ2n) is 13.3. The summed E-state index contributed by atoms with van der Waals surface area (Å²) in [6.45, 7) is 0. The summed E-state index contributed by atoms with van der Waals surface area (Å²) in [6, 6.07) is 65.0. The van der Waals surface area contributed by atoms with Crippen molar-refractivity contribution in [1.82, 2.24) is 0 Å². The molecule has 0 spiro atoms. The van der Waals surface area contributed by atoms with Crippen LogP contribution < -0.4 is 4.90 Å². The molecule has 0 aliphatic rings. The molecule has 0 saturated heterocycles. The number of benzene rings is 9. The van der Waals surface area contributed by atoms with E-state index < -0.39 is 0 Å². The van der Waals surface area contributed by atoms with Gasteiger partial charge in [0.2, 0.25) is 0 Å². The van der Waals surface area contributed by atoms with Gasteiger partial charge in [-0.1, -0.05) is 133 Å². The quantitative estimate of drug-likeness (QED) is 0.167. The Morgan fingerprint density at radius 1 is 0.314 bits per heavy atom. The van der Waals surface area contributed by atoms with Gasteiger partial charge < -0.3 is 4.90 Å². The number of rotatable bonds is 4. The molecule has 9 aromatic carbocycles. The smallest absolute Gasteiger partial charge is 0.0640 e. The van der Waals surface area contributed by atoms with Crippen molar-refractivity contribution in [2.45, 2.75) is 0 Å². The van der Waals surface area contributed by atoms with Crippen molar-refractivity contribution < 1.29 is 0 Å². The highest BCUT2D eigenvalue weighted by Crippen LogP contribution is 2.47. The fraction of sp³-hybridized carbons (Fsp3) is 0. The van der Waals surface area contributed by atoms with E-state index in [1.165, 1.54) is 89.5 Å². The minimum Gasteiger partial charge on any atom is -0.309 e. The van der Waals surface area contributed by atoms with E-state index in [0.29, 0.717) is 0 Å². The Bertz CT molecular complexity index is 3150. The molecule has 0 bridgehead atoms. The fourth-order valence-corrected chi connectivity index (χ4v) is 10.4. The standard InChI is InChI=1S/C48H29NS2/c1-3-10-37-31(8-1)16-17-33-20-25-36(29-43(33)37)49(44-14-7-13-41-42-27-21-32-9-2-4-11-38(32)47(42)51-48(41)44)35-23-18-30(19-24-35)34-22-26-40-39-12-5-6-15-45(39)50-46(40)28-34/h1-29H. The summed E-state index contributed by atoms with van der Waals surface area (Å²) in [6.07, 6.45) is 0. The topological polar surface area (TPSA) is 3.24 Å². The van der Waals surface area contributed by atoms with E-state index in [2.05, 4.69) is 181 Å². The lowest BCUT2D eigenvalue weighted by molar-refractivity contribution is 1.31. The number of thiophene rings is 2. The molecule has 0 radical (unpaired) electrons. The summed E-state index contributed by atoms with van der Waals surface area (Å²) in [5.74, 6) is 0. The van der Waals surface area contributed by atoms with Crippen LogP contribution >= 0.6 is 22.7 Å². The van der Waals surface area contributed by atoms with Gasteiger partial charge in [-0.15, -0.1) is 22.7 Å². The van der Waals surface area contributed by atoms with Crippen LogP contribution in [0.25, 0.3) is 83.8 Å². The Morgan fingerprint density at radius 2 is 0.902 bits per heavy atom. The van der Waals surface area contributed by atoms with Crippen LogP contribution in [0.4, 0.5) is 17.1 Å². The lowest BCUT2D eigenvalue weighted by Gasteiger charge is -2.27. The SMILES string of the molecule is c1ccc2c(c1)ccc1ccc(N(c3ccc(-c4ccc5c(c4)sc4ccccc45)cc3)c3cccc4c3sc3c5ccccc5ccc43)cc12. The van der Waals surface area contributed by atoms with Crippen LogP contribution in [-0.4, -0.2) is 0 Å². The van der Waals surface area contributed by atoms with Gasteiger partial charge in [0.25, 0.3) is 0 Å². The molecular formula is C48H29NS2. The molecule has 11 aromatic rings. The average molecular weight is 684 g/mol. The van der Waals surface area contributed by atoms with Crippen molar-refractivity contribution in [2.75, 3.05) is 4.90 Å². The summed E-state index contributed by atoms with van der Waals surface area (Å²) in [5, 5.41) is 12.9. The van der Waals surface area contributed by atoms with E-state index in [1.807, 2.05) is 22.7 Å². The predicted octanol–water partition coefficient (Wildman–Crippen LogP) is 15.0. The summed E-state index contributed by atoms with van der Waals surface area (Å²) < 4.78 is 5.29. The van der Waals surface area contributed by atoms with Crippen molar-refractivity contribution in [3.8, 4) is 11.1 Å². The molecular weight excluding hydrogens is 655 g/mol. The van der Waals surface area contributed by atoms with E-state index in [0.717, 1.165) is 11.4 Å².